The summed E-state index contributed by atoms with van der Waals surface area (Å²) in [6.07, 6.45) is 0.922. The summed E-state index contributed by atoms with van der Waals surface area (Å²) in [5.74, 6) is 0.548. The van der Waals surface area contributed by atoms with E-state index in [2.05, 4.69) is 34.5 Å². The number of hydrogen-bond acceptors (Lipinski definition) is 3. The lowest BCUT2D eigenvalue weighted by Crippen LogP contribution is -2.44. The van der Waals surface area contributed by atoms with Crippen LogP contribution in [0.15, 0.2) is 29.3 Å². The highest BCUT2D eigenvalue weighted by atomic mass is 32.1. The standard InChI is InChI=1S/C19H27FN4S/c1-13-17(25-14(2)24-13)9-10-22-18(21-5)23-12-19(3,4)15-7-6-8-16(20)11-15/h6-8,11H,9-10,12H2,1-5H3,(H2,21,22,23). The van der Waals surface area contributed by atoms with Gasteiger partial charge in [-0.3, -0.25) is 4.99 Å². The molecule has 0 saturated carbocycles. The molecule has 0 spiro atoms. The van der Waals surface area contributed by atoms with Crippen LogP contribution in [0.2, 0.25) is 0 Å². The molecule has 4 nitrogen and oxygen atoms in total. The number of benzene rings is 1. The fourth-order valence-electron chi connectivity index (χ4n) is 2.64. The van der Waals surface area contributed by atoms with Crippen molar-refractivity contribution in [2.24, 2.45) is 4.99 Å². The van der Waals surface area contributed by atoms with Crippen LogP contribution < -0.4 is 10.6 Å². The average Bonchev–Trinajstić information content (AvgIpc) is 2.88. The largest absolute Gasteiger partial charge is 0.356 e. The van der Waals surface area contributed by atoms with Gasteiger partial charge in [0.15, 0.2) is 5.96 Å². The Morgan fingerprint density at radius 3 is 2.64 bits per heavy atom. The Hall–Kier alpha value is -1.95. The van der Waals surface area contributed by atoms with Gasteiger partial charge in [-0.1, -0.05) is 26.0 Å². The summed E-state index contributed by atoms with van der Waals surface area (Å²) < 4.78 is 13.5. The van der Waals surface area contributed by atoms with Crippen molar-refractivity contribution in [2.45, 2.75) is 39.5 Å². The second kappa shape index (κ2) is 8.43. The van der Waals surface area contributed by atoms with Gasteiger partial charge in [0.05, 0.1) is 10.7 Å². The van der Waals surface area contributed by atoms with Crippen molar-refractivity contribution in [3.05, 3.63) is 51.2 Å². The number of thiazole rings is 1. The van der Waals surface area contributed by atoms with Crippen LogP contribution in [0.25, 0.3) is 0 Å². The van der Waals surface area contributed by atoms with E-state index in [0.717, 1.165) is 35.2 Å². The molecule has 6 heteroatoms. The maximum atomic E-state index is 13.5. The van der Waals surface area contributed by atoms with Crippen LogP contribution in [0.5, 0.6) is 0 Å². The normalized spacial score (nSPS) is 12.3. The van der Waals surface area contributed by atoms with Crippen molar-refractivity contribution >= 4 is 17.3 Å². The number of aryl methyl sites for hydroxylation is 2. The number of halogens is 1. The molecule has 0 aliphatic heterocycles. The van der Waals surface area contributed by atoms with Crippen molar-refractivity contribution in [3.63, 3.8) is 0 Å². The average molecular weight is 363 g/mol. The molecule has 0 aliphatic carbocycles. The minimum Gasteiger partial charge on any atom is -0.356 e. The van der Waals surface area contributed by atoms with Gasteiger partial charge in [0, 0.05) is 36.9 Å². The first-order chi connectivity index (χ1) is 11.8. The van der Waals surface area contributed by atoms with Crippen molar-refractivity contribution in [3.8, 4) is 0 Å². The highest BCUT2D eigenvalue weighted by Gasteiger charge is 2.21. The molecule has 0 bridgehead atoms. The van der Waals surface area contributed by atoms with E-state index in [4.69, 9.17) is 0 Å². The van der Waals surface area contributed by atoms with Crippen LogP contribution in [-0.2, 0) is 11.8 Å². The zero-order chi connectivity index (χ0) is 18.4. The molecule has 1 aromatic carbocycles. The van der Waals surface area contributed by atoms with Gasteiger partial charge in [-0.15, -0.1) is 11.3 Å². The van der Waals surface area contributed by atoms with Gasteiger partial charge in [-0.25, -0.2) is 9.37 Å². The zero-order valence-corrected chi connectivity index (χ0v) is 16.4. The first-order valence-corrected chi connectivity index (χ1v) is 9.27. The predicted octanol–water partition coefficient (Wildman–Crippen LogP) is 3.58. The van der Waals surface area contributed by atoms with Crippen LogP contribution in [0, 0.1) is 19.7 Å². The minimum absolute atomic E-state index is 0.203. The molecule has 0 aliphatic rings. The number of nitrogens with zero attached hydrogens (tertiary/aromatic N) is 2. The Labute approximate surface area is 153 Å². The molecule has 0 atom stereocenters. The Morgan fingerprint density at radius 2 is 2.04 bits per heavy atom. The van der Waals surface area contributed by atoms with E-state index in [9.17, 15) is 4.39 Å². The molecule has 2 N–H and O–H groups in total. The molecule has 1 heterocycles. The monoisotopic (exact) mass is 362 g/mol. The van der Waals surface area contributed by atoms with E-state index in [-0.39, 0.29) is 11.2 Å². The van der Waals surface area contributed by atoms with Gasteiger partial charge >= 0.3 is 0 Å². The number of rotatable bonds is 6. The van der Waals surface area contributed by atoms with E-state index in [1.807, 2.05) is 19.9 Å². The zero-order valence-electron chi connectivity index (χ0n) is 15.6. The Kier molecular flexibility index (Phi) is 6.53. The lowest BCUT2D eigenvalue weighted by Gasteiger charge is -2.26. The maximum absolute atomic E-state index is 13.5. The molecule has 0 amide bonds. The minimum atomic E-state index is -0.205. The van der Waals surface area contributed by atoms with E-state index < -0.39 is 0 Å². The number of guanidine groups is 1. The highest BCUT2D eigenvalue weighted by Crippen LogP contribution is 2.22. The van der Waals surface area contributed by atoms with Gasteiger partial charge in [0.1, 0.15) is 5.82 Å². The molecule has 136 valence electrons. The van der Waals surface area contributed by atoms with Gasteiger partial charge in [0.2, 0.25) is 0 Å². The van der Waals surface area contributed by atoms with Crippen LogP contribution in [0.4, 0.5) is 4.39 Å². The second-order valence-corrected chi connectivity index (χ2v) is 8.03. The predicted molar refractivity (Wildman–Crippen MR) is 104 cm³/mol. The van der Waals surface area contributed by atoms with Gasteiger partial charge in [0.25, 0.3) is 0 Å². The van der Waals surface area contributed by atoms with E-state index in [1.165, 1.54) is 10.9 Å². The molecule has 0 unspecified atom stereocenters. The molecule has 0 fully saturated rings. The molecule has 2 rings (SSSR count). The SMILES string of the molecule is CN=C(NCCc1sc(C)nc1C)NCC(C)(C)c1cccc(F)c1. The number of aliphatic imine (C=N–C) groups is 1. The van der Waals surface area contributed by atoms with Gasteiger partial charge in [-0.05, 0) is 31.5 Å². The van der Waals surface area contributed by atoms with Gasteiger partial charge in [-0.2, -0.15) is 0 Å². The summed E-state index contributed by atoms with van der Waals surface area (Å²) in [5, 5.41) is 7.78. The third-order valence-electron chi connectivity index (χ3n) is 4.17. The van der Waals surface area contributed by atoms with Crippen LogP contribution in [-0.4, -0.2) is 31.1 Å². The molecular formula is C19H27FN4S. The highest BCUT2D eigenvalue weighted by molar-refractivity contribution is 7.11. The lowest BCUT2D eigenvalue weighted by molar-refractivity contribution is 0.503. The molecule has 0 radical (unpaired) electrons. The third kappa shape index (κ3) is 5.53. The molecule has 0 saturated heterocycles. The Bertz CT molecular complexity index is 737. The van der Waals surface area contributed by atoms with Crippen LogP contribution in [0.3, 0.4) is 0 Å². The molecule has 1 aromatic heterocycles. The van der Waals surface area contributed by atoms with E-state index in [0.29, 0.717) is 6.54 Å². The number of nitrogens with one attached hydrogen (secondary N) is 2. The van der Waals surface area contributed by atoms with Crippen molar-refractivity contribution in [1.29, 1.82) is 0 Å². The second-order valence-electron chi connectivity index (χ2n) is 6.74. The maximum Gasteiger partial charge on any atom is 0.191 e. The van der Waals surface area contributed by atoms with Crippen molar-refractivity contribution < 1.29 is 4.39 Å². The molecule has 25 heavy (non-hydrogen) atoms. The van der Waals surface area contributed by atoms with Crippen LogP contribution in [0.1, 0.15) is 35.0 Å². The quantitative estimate of drug-likeness (QED) is 0.610. The van der Waals surface area contributed by atoms with E-state index >= 15 is 0 Å². The number of hydrogen-bond donors (Lipinski definition) is 2. The summed E-state index contributed by atoms with van der Waals surface area (Å²) in [4.78, 5) is 10.0. The summed E-state index contributed by atoms with van der Waals surface area (Å²) in [6.45, 7) is 9.71. The van der Waals surface area contributed by atoms with E-state index in [1.54, 1.807) is 30.5 Å². The summed E-state index contributed by atoms with van der Waals surface area (Å²) in [6, 6.07) is 6.76. The fourth-order valence-corrected chi connectivity index (χ4v) is 3.57. The third-order valence-corrected chi connectivity index (χ3v) is 5.30. The topological polar surface area (TPSA) is 49.3 Å². The van der Waals surface area contributed by atoms with Crippen molar-refractivity contribution in [2.75, 3.05) is 20.1 Å². The first-order valence-electron chi connectivity index (χ1n) is 8.45. The van der Waals surface area contributed by atoms with Crippen molar-refractivity contribution in [1.82, 2.24) is 15.6 Å². The molecule has 2 aromatic rings. The summed E-state index contributed by atoms with van der Waals surface area (Å²) in [7, 11) is 1.76. The Morgan fingerprint density at radius 1 is 1.28 bits per heavy atom. The molecular weight excluding hydrogens is 335 g/mol. The fraction of sp³-hybridized carbons (Fsp3) is 0.474. The van der Waals surface area contributed by atoms with Crippen LogP contribution >= 0.6 is 11.3 Å². The van der Waals surface area contributed by atoms with Gasteiger partial charge < -0.3 is 10.6 Å². The number of aromatic nitrogens is 1. The summed E-state index contributed by atoms with van der Waals surface area (Å²) >= 11 is 1.74. The first kappa shape index (κ1) is 19.4. The lowest BCUT2D eigenvalue weighted by atomic mass is 9.84. The smallest absolute Gasteiger partial charge is 0.191 e. The Balaban J connectivity index is 1.86. The summed E-state index contributed by atoms with van der Waals surface area (Å²) in [5.41, 5.74) is 1.87.